The summed E-state index contributed by atoms with van der Waals surface area (Å²) in [6.07, 6.45) is 13.5. The Labute approximate surface area is 149 Å². The molecule has 3 aliphatic rings. The van der Waals surface area contributed by atoms with E-state index in [1.807, 2.05) is 6.92 Å². The highest BCUT2D eigenvalue weighted by Crippen LogP contribution is 2.43. The molecule has 4 nitrogen and oxygen atoms in total. The number of fused-ring (bicyclic) bond motifs is 2. The Balaban J connectivity index is 1.94. The third-order valence-electron chi connectivity index (χ3n) is 5.17. The van der Waals surface area contributed by atoms with Crippen LogP contribution in [0.4, 0.5) is 17.1 Å². The number of likely N-dealkylation sites (N-methyl/N-ethyl adjacent to an activating group) is 1. The van der Waals surface area contributed by atoms with Crippen LogP contribution in [-0.2, 0) is 0 Å². The van der Waals surface area contributed by atoms with Gasteiger partial charge in [0.05, 0.1) is 29.8 Å². The average Bonchev–Trinajstić information content (AvgIpc) is 2.61. The Kier molecular flexibility index (Phi) is 3.85. The van der Waals surface area contributed by atoms with Crippen LogP contribution in [0.3, 0.4) is 0 Å². The molecule has 0 spiro atoms. The second kappa shape index (κ2) is 6.05. The van der Waals surface area contributed by atoms with E-state index >= 15 is 0 Å². The number of nitrogen functional groups attached to an aromatic ring is 1. The van der Waals surface area contributed by atoms with Crippen molar-refractivity contribution in [2.24, 2.45) is 4.99 Å². The molecule has 1 aliphatic heterocycles. The second-order valence-electron chi connectivity index (χ2n) is 6.94. The van der Waals surface area contributed by atoms with Gasteiger partial charge in [0.25, 0.3) is 0 Å². The molecule has 0 fully saturated rings. The summed E-state index contributed by atoms with van der Waals surface area (Å²) in [6, 6.07) is 4.50. The fraction of sp³-hybridized carbons (Fsp3) is 0.286. The quantitative estimate of drug-likeness (QED) is 0.817. The largest absolute Gasteiger partial charge is 0.398 e. The van der Waals surface area contributed by atoms with Crippen LogP contribution in [0.25, 0.3) is 0 Å². The minimum absolute atomic E-state index is 0.342. The molecule has 0 aromatic heterocycles. The Bertz CT molecular complexity index is 883. The van der Waals surface area contributed by atoms with Gasteiger partial charge in [0.1, 0.15) is 6.04 Å². The lowest BCUT2D eigenvalue weighted by Gasteiger charge is -2.36. The normalized spacial score (nSPS) is 21.7. The fourth-order valence-corrected chi connectivity index (χ4v) is 3.68. The summed E-state index contributed by atoms with van der Waals surface area (Å²) in [5, 5.41) is 2.23. The maximum absolute atomic E-state index is 6.23. The third-order valence-corrected chi connectivity index (χ3v) is 5.17. The maximum Gasteiger partial charge on any atom is 0.129 e. The minimum atomic E-state index is 0.342. The number of aliphatic imine (C=N–C) groups is 1. The second-order valence-corrected chi connectivity index (χ2v) is 6.94. The molecule has 4 rings (SSSR count). The summed E-state index contributed by atoms with van der Waals surface area (Å²) in [4.78, 5) is 7.27. The van der Waals surface area contributed by atoms with Crippen molar-refractivity contribution in [3.63, 3.8) is 0 Å². The number of hydrogen-bond acceptors (Lipinski definition) is 3. The first-order valence-electron chi connectivity index (χ1n) is 8.94. The zero-order valence-corrected chi connectivity index (χ0v) is 15.1. The van der Waals surface area contributed by atoms with Crippen molar-refractivity contribution in [3.05, 3.63) is 65.0 Å². The van der Waals surface area contributed by atoms with Gasteiger partial charge in [-0.25, -0.2) is 4.99 Å². The summed E-state index contributed by atoms with van der Waals surface area (Å²) in [7, 11) is 2.11. The van der Waals surface area contributed by atoms with Gasteiger partial charge < -0.3 is 16.0 Å². The van der Waals surface area contributed by atoms with Crippen molar-refractivity contribution in [3.8, 4) is 0 Å². The summed E-state index contributed by atoms with van der Waals surface area (Å²) in [5.41, 5.74) is 14.9. The lowest BCUT2D eigenvalue weighted by atomic mass is 9.94. The standard InChI is InChI=1S/C21H24N4/c1-13-9-18-20(11-16(13)22)25(15-7-5-4-6-8-15)21-12-17(23-3)14(2)10-19(21)24-18/h5,7-12,17,23H,4,6,22H2,1-3H3/p+1. The molecule has 0 bridgehead atoms. The molecule has 1 aromatic rings. The lowest BCUT2D eigenvalue weighted by molar-refractivity contribution is -0.644. The fourth-order valence-electron chi connectivity index (χ4n) is 3.68. The molecule has 4 N–H and O–H groups in total. The molecule has 1 heterocycles. The van der Waals surface area contributed by atoms with Crippen molar-refractivity contribution in [1.29, 1.82) is 0 Å². The zero-order chi connectivity index (χ0) is 17.6. The topological polar surface area (TPSA) is 58.2 Å². The van der Waals surface area contributed by atoms with E-state index < -0.39 is 0 Å². The zero-order valence-electron chi connectivity index (χ0n) is 15.1. The van der Waals surface area contributed by atoms with E-state index in [0.29, 0.717) is 6.04 Å². The van der Waals surface area contributed by atoms with Crippen LogP contribution in [0.1, 0.15) is 25.3 Å². The Morgan fingerprint density at radius 2 is 2.08 bits per heavy atom. The van der Waals surface area contributed by atoms with Gasteiger partial charge in [-0.2, -0.15) is 0 Å². The predicted octanol–water partition coefficient (Wildman–Crippen LogP) is 3.11. The number of allylic oxidation sites excluding steroid dienone is 4. The SMILES string of the molecule is C[NH2+]C1C=C2C(=Nc3cc(C)c(N)cc3N2C2=CCCC=C2)C=C1C. The first-order valence-corrected chi connectivity index (χ1v) is 8.94. The van der Waals surface area contributed by atoms with Gasteiger partial charge in [0.15, 0.2) is 0 Å². The van der Waals surface area contributed by atoms with Crippen molar-refractivity contribution in [2.45, 2.75) is 32.7 Å². The molecule has 4 heteroatoms. The van der Waals surface area contributed by atoms with E-state index in [2.05, 4.69) is 66.7 Å². The molecule has 25 heavy (non-hydrogen) atoms. The Morgan fingerprint density at radius 3 is 2.80 bits per heavy atom. The number of nitrogens with two attached hydrogens (primary N) is 2. The summed E-state index contributed by atoms with van der Waals surface area (Å²) >= 11 is 0. The molecule has 1 atom stereocenters. The number of hydrogen-bond donors (Lipinski definition) is 2. The smallest absolute Gasteiger partial charge is 0.129 e. The molecular weight excluding hydrogens is 308 g/mol. The van der Waals surface area contributed by atoms with E-state index in [0.717, 1.165) is 46.9 Å². The monoisotopic (exact) mass is 333 g/mol. The maximum atomic E-state index is 6.23. The molecule has 1 aromatic carbocycles. The highest BCUT2D eigenvalue weighted by molar-refractivity contribution is 6.16. The predicted molar refractivity (Wildman–Crippen MR) is 105 cm³/mol. The number of rotatable bonds is 2. The van der Waals surface area contributed by atoms with Crippen molar-refractivity contribution >= 4 is 22.8 Å². The highest BCUT2D eigenvalue weighted by Gasteiger charge is 2.31. The van der Waals surface area contributed by atoms with Gasteiger partial charge >= 0.3 is 0 Å². The van der Waals surface area contributed by atoms with Crippen LogP contribution in [0.2, 0.25) is 0 Å². The summed E-state index contributed by atoms with van der Waals surface area (Å²) in [6.45, 7) is 4.21. The molecule has 0 radical (unpaired) electrons. The van der Waals surface area contributed by atoms with Gasteiger partial charge in [-0.05, 0) is 62.1 Å². The van der Waals surface area contributed by atoms with E-state index in [1.54, 1.807) is 0 Å². The first kappa shape index (κ1) is 15.9. The highest BCUT2D eigenvalue weighted by atomic mass is 15.2. The van der Waals surface area contributed by atoms with Crippen molar-refractivity contribution < 1.29 is 5.32 Å². The summed E-state index contributed by atoms with van der Waals surface area (Å²) in [5.74, 6) is 0. The van der Waals surface area contributed by atoms with Crippen molar-refractivity contribution in [2.75, 3.05) is 17.7 Å². The van der Waals surface area contributed by atoms with Gasteiger partial charge in [0, 0.05) is 17.5 Å². The van der Waals surface area contributed by atoms with E-state index in [4.69, 9.17) is 10.7 Å². The Morgan fingerprint density at radius 1 is 1.24 bits per heavy atom. The summed E-state index contributed by atoms with van der Waals surface area (Å²) < 4.78 is 0. The van der Waals surface area contributed by atoms with Crippen LogP contribution in [0.5, 0.6) is 0 Å². The number of anilines is 2. The molecule has 0 amide bonds. The van der Waals surface area contributed by atoms with E-state index in [9.17, 15) is 0 Å². The molecule has 128 valence electrons. The first-order chi connectivity index (χ1) is 12.1. The van der Waals surface area contributed by atoms with Crippen LogP contribution in [0.15, 0.2) is 64.5 Å². The van der Waals surface area contributed by atoms with Crippen molar-refractivity contribution in [1.82, 2.24) is 0 Å². The number of quaternary nitrogens is 1. The van der Waals surface area contributed by atoms with Gasteiger partial charge in [0.2, 0.25) is 0 Å². The molecule has 0 saturated heterocycles. The van der Waals surface area contributed by atoms with Gasteiger partial charge in [-0.3, -0.25) is 0 Å². The van der Waals surface area contributed by atoms with Crippen LogP contribution in [-0.4, -0.2) is 18.8 Å². The Hall–Kier alpha value is -2.59. The van der Waals surface area contributed by atoms with Gasteiger partial charge in [-0.1, -0.05) is 12.2 Å². The number of nitrogens with zero attached hydrogens (tertiary/aromatic N) is 2. The minimum Gasteiger partial charge on any atom is -0.398 e. The molecule has 1 unspecified atom stereocenters. The van der Waals surface area contributed by atoms with Gasteiger partial charge in [-0.15, -0.1) is 0 Å². The average molecular weight is 333 g/mol. The molecule has 2 aliphatic carbocycles. The van der Waals surface area contributed by atoms with Crippen LogP contribution in [0, 0.1) is 6.92 Å². The number of aryl methyl sites for hydroxylation is 1. The van der Waals surface area contributed by atoms with Crippen LogP contribution < -0.4 is 16.0 Å². The van der Waals surface area contributed by atoms with E-state index in [-0.39, 0.29) is 0 Å². The third kappa shape index (κ3) is 2.63. The van der Waals surface area contributed by atoms with E-state index in [1.165, 1.54) is 11.3 Å². The molecule has 0 saturated carbocycles. The number of benzene rings is 1. The molecular formula is C21H25N4+. The van der Waals surface area contributed by atoms with Crippen LogP contribution >= 0.6 is 0 Å². The lowest BCUT2D eigenvalue weighted by Crippen LogP contribution is -2.86.